The molecule has 0 spiro atoms. The molecule has 1 aliphatic carbocycles. The summed E-state index contributed by atoms with van der Waals surface area (Å²) in [6.45, 7) is 20.6. The minimum atomic E-state index is 0. The average molecular weight is 401 g/mol. The van der Waals surface area contributed by atoms with Gasteiger partial charge < -0.3 is 4.74 Å². The number of aryl methyl sites for hydroxylation is 1. The molecular formula is C23H33OSiTi-. The van der Waals surface area contributed by atoms with Crippen molar-refractivity contribution in [3.05, 3.63) is 77.1 Å². The number of allylic oxidation sites excluding steroid dienone is 6. The summed E-state index contributed by atoms with van der Waals surface area (Å²) in [5, 5.41) is 0. The Kier molecular flexibility index (Phi) is 15.7. The fourth-order valence-electron chi connectivity index (χ4n) is 2.06. The molecule has 1 nitrogen and oxygen atoms in total. The van der Waals surface area contributed by atoms with Crippen LogP contribution in [0.5, 0.6) is 5.75 Å². The third-order valence-corrected chi connectivity index (χ3v) is 3.93. The zero-order valence-electron chi connectivity index (χ0n) is 17.7. The topological polar surface area (TPSA) is 9.23 Å². The van der Waals surface area contributed by atoms with Gasteiger partial charge in [-0.05, 0) is 37.1 Å². The smallest absolute Gasteiger partial charge is 0.126 e. The summed E-state index contributed by atoms with van der Waals surface area (Å²) < 4.78 is 5.41. The molecule has 0 bridgehead atoms. The van der Waals surface area contributed by atoms with Crippen molar-refractivity contribution in [3.63, 3.8) is 0 Å². The maximum atomic E-state index is 5.41. The predicted molar refractivity (Wildman–Crippen MR) is 113 cm³/mol. The molecule has 0 aromatic heterocycles. The zero-order valence-corrected chi connectivity index (χ0v) is 20.2. The van der Waals surface area contributed by atoms with Gasteiger partial charge in [-0.1, -0.05) is 64.6 Å². The fourth-order valence-corrected chi connectivity index (χ4v) is 2.06. The number of benzene rings is 1. The van der Waals surface area contributed by atoms with Crippen LogP contribution in [0.25, 0.3) is 0 Å². The van der Waals surface area contributed by atoms with Crippen molar-refractivity contribution in [2.75, 3.05) is 0 Å². The molecule has 1 aliphatic rings. The van der Waals surface area contributed by atoms with E-state index in [0.29, 0.717) is 5.92 Å². The van der Waals surface area contributed by atoms with Gasteiger partial charge in [-0.25, -0.2) is 5.57 Å². The first kappa shape index (κ1) is 27.1. The first-order valence-corrected chi connectivity index (χ1v) is 10.7. The van der Waals surface area contributed by atoms with Crippen LogP contribution in [0, 0.1) is 18.9 Å². The summed E-state index contributed by atoms with van der Waals surface area (Å²) in [5.41, 5.74) is 6.46. The van der Waals surface area contributed by atoms with Crippen LogP contribution in [0.3, 0.4) is 0 Å². The Bertz CT molecular complexity index is 641. The molecule has 0 aliphatic heterocycles. The van der Waals surface area contributed by atoms with Crippen molar-refractivity contribution in [2.45, 2.75) is 54.6 Å². The molecule has 0 saturated heterocycles. The van der Waals surface area contributed by atoms with Crippen LogP contribution >= 0.6 is 0 Å². The molecular weight excluding hydrogens is 368 g/mol. The van der Waals surface area contributed by atoms with Crippen LogP contribution in [0.2, 0.25) is 13.1 Å². The standard InChI is InChI=1S/C12H14O.C9H13.C2H6Si.Ti/c1-4-10(2)9-13-12-7-5-6-11(3)8-12;1-6-5-7(2)9(4)8(6)3;1-3-2;/h4-9H,1H2,2-3H3;6H,1-4H3;1-2H3;/q;-1;;. The SMILES string of the molecule is C=CC(C)=COc1cccc(C)c1.CC1=[C-]C(C)C(C)=C1C.C[Si]C.[Ti]. The Morgan fingerprint density at radius 1 is 1.19 bits per heavy atom. The van der Waals surface area contributed by atoms with Gasteiger partial charge in [-0.15, -0.1) is 6.92 Å². The molecule has 2 rings (SSSR count). The second-order valence-electron chi connectivity index (χ2n) is 6.30. The molecule has 0 N–H and O–H groups in total. The van der Waals surface area contributed by atoms with Crippen molar-refractivity contribution >= 4 is 9.52 Å². The van der Waals surface area contributed by atoms with Crippen LogP contribution < -0.4 is 4.74 Å². The Hall–Kier alpha value is -1.09. The summed E-state index contributed by atoms with van der Waals surface area (Å²) in [6.07, 6.45) is 6.81. The number of hydrogen-bond donors (Lipinski definition) is 0. The van der Waals surface area contributed by atoms with E-state index in [2.05, 4.69) is 53.4 Å². The first-order valence-electron chi connectivity index (χ1n) is 8.65. The van der Waals surface area contributed by atoms with Gasteiger partial charge in [-0.2, -0.15) is 11.1 Å². The average Bonchev–Trinajstić information content (AvgIpc) is 2.80. The maximum absolute atomic E-state index is 5.41. The van der Waals surface area contributed by atoms with Gasteiger partial charge in [0.25, 0.3) is 0 Å². The van der Waals surface area contributed by atoms with Crippen molar-refractivity contribution in [1.29, 1.82) is 0 Å². The van der Waals surface area contributed by atoms with Gasteiger partial charge in [-0.3, -0.25) is 6.08 Å². The second-order valence-corrected chi connectivity index (χ2v) is 7.30. The minimum Gasteiger partial charge on any atom is -0.465 e. The largest absolute Gasteiger partial charge is 0.465 e. The van der Waals surface area contributed by atoms with Crippen LogP contribution in [0.15, 0.2) is 65.5 Å². The van der Waals surface area contributed by atoms with E-state index >= 15 is 0 Å². The van der Waals surface area contributed by atoms with E-state index in [4.69, 9.17) is 4.74 Å². The van der Waals surface area contributed by atoms with E-state index in [9.17, 15) is 0 Å². The summed E-state index contributed by atoms with van der Waals surface area (Å²) in [4.78, 5) is 0. The molecule has 3 heteroatoms. The first-order chi connectivity index (χ1) is 11.8. The van der Waals surface area contributed by atoms with Crippen molar-refractivity contribution in [1.82, 2.24) is 0 Å². The van der Waals surface area contributed by atoms with E-state index in [-0.39, 0.29) is 21.7 Å². The van der Waals surface area contributed by atoms with Crippen LogP contribution in [-0.4, -0.2) is 9.52 Å². The zero-order chi connectivity index (χ0) is 19.4. The maximum Gasteiger partial charge on any atom is 0.126 e. The second kappa shape index (κ2) is 15.0. The molecule has 140 valence electrons. The minimum absolute atomic E-state index is 0. The van der Waals surface area contributed by atoms with Gasteiger partial charge in [0.15, 0.2) is 0 Å². The van der Waals surface area contributed by atoms with Crippen molar-refractivity contribution < 1.29 is 26.5 Å². The molecule has 0 amide bonds. The predicted octanol–water partition coefficient (Wildman–Crippen LogP) is 6.97. The van der Waals surface area contributed by atoms with Gasteiger partial charge >= 0.3 is 0 Å². The van der Waals surface area contributed by atoms with Gasteiger partial charge in [0.2, 0.25) is 0 Å². The molecule has 0 saturated carbocycles. The summed E-state index contributed by atoms with van der Waals surface area (Å²) in [6, 6.07) is 7.94. The molecule has 26 heavy (non-hydrogen) atoms. The van der Waals surface area contributed by atoms with Gasteiger partial charge in [0.05, 0.1) is 6.26 Å². The Morgan fingerprint density at radius 2 is 1.77 bits per heavy atom. The van der Waals surface area contributed by atoms with E-state index in [1.54, 1.807) is 12.3 Å². The molecule has 1 aromatic carbocycles. The summed E-state index contributed by atoms with van der Waals surface area (Å²) in [7, 11) is 1.08. The van der Waals surface area contributed by atoms with Gasteiger partial charge in [0.1, 0.15) is 5.75 Å². The van der Waals surface area contributed by atoms with E-state index in [1.165, 1.54) is 22.3 Å². The summed E-state index contributed by atoms with van der Waals surface area (Å²) >= 11 is 0. The monoisotopic (exact) mass is 401 g/mol. The number of rotatable bonds is 3. The van der Waals surface area contributed by atoms with E-state index in [1.807, 2.05) is 38.1 Å². The number of hydrogen-bond acceptors (Lipinski definition) is 1. The Balaban J connectivity index is 0. The molecule has 1 aromatic rings. The third kappa shape index (κ3) is 10.8. The van der Waals surface area contributed by atoms with E-state index < -0.39 is 0 Å². The normalized spacial score (nSPS) is 15.6. The quantitative estimate of drug-likeness (QED) is 0.230. The van der Waals surface area contributed by atoms with Crippen LogP contribution in [0.4, 0.5) is 0 Å². The van der Waals surface area contributed by atoms with Crippen molar-refractivity contribution in [3.8, 4) is 5.75 Å². The molecule has 1 atom stereocenters. The fraction of sp³-hybridized carbons (Fsp3) is 0.391. The Labute approximate surface area is 179 Å². The van der Waals surface area contributed by atoms with Crippen LogP contribution in [0.1, 0.15) is 40.2 Å². The number of ether oxygens (including phenoxy) is 1. The molecule has 1 unspecified atom stereocenters. The van der Waals surface area contributed by atoms with Gasteiger partial charge in [0, 0.05) is 31.2 Å². The van der Waals surface area contributed by atoms with E-state index in [0.717, 1.165) is 20.8 Å². The summed E-state index contributed by atoms with van der Waals surface area (Å²) in [5.74, 6) is 1.42. The Morgan fingerprint density at radius 3 is 2.12 bits per heavy atom. The molecule has 0 fully saturated rings. The molecule has 0 heterocycles. The molecule has 2 radical (unpaired) electrons. The third-order valence-electron chi connectivity index (χ3n) is 3.93. The van der Waals surface area contributed by atoms with Crippen molar-refractivity contribution in [2.24, 2.45) is 5.92 Å². The van der Waals surface area contributed by atoms with Crippen LogP contribution in [-0.2, 0) is 21.7 Å².